The van der Waals surface area contributed by atoms with Crippen LogP contribution >= 0.6 is 0 Å². The molecule has 0 aromatic heterocycles. The molecule has 2 unspecified atom stereocenters. The van der Waals surface area contributed by atoms with Crippen LogP contribution in [-0.4, -0.2) is 66.4 Å². The van der Waals surface area contributed by atoms with Crippen molar-refractivity contribution in [3.8, 4) is 0 Å². The van der Waals surface area contributed by atoms with Gasteiger partial charge in [-0.3, -0.25) is 14.4 Å². The second-order valence-corrected chi connectivity index (χ2v) is 5.27. The van der Waals surface area contributed by atoms with Gasteiger partial charge in [-0.15, -0.1) is 0 Å². The summed E-state index contributed by atoms with van der Waals surface area (Å²) in [5, 5.41) is 19.3. The van der Waals surface area contributed by atoms with E-state index in [1.807, 2.05) is 0 Å². The summed E-state index contributed by atoms with van der Waals surface area (Å²) in [4.78, 5) is 47.8. The number of carbonyl (C=O) groups is 4. The van der Waals surface area contributed by atoms with E-state index in [-0.39, 0.29) is 12.8 Å². The highest BCUT2D eigenvalue weighted by Gasteiger charge is 2.64. The van der Waals surface area contributed by atoms with E-state index < -0.39 is 47.4 Å². The topological polar surface area (TPSA) is 136 Å². The first-order valence-corrected chi connectivity index (χ1v) is 7.32. The van der Waals surface area contributed by atoms with Crippen LogP contribution in [-0.2, 0) is 33.4 Å². The lowest BCUT2D eigenvalue weighted by Crippen LogP contribution is -2.66. The van der Waals surface area contributed by atoms with Crippen LogP contribution in [0.3, 0.4) is 0 Å². The highest BCUT2D eigenvalue weighted by Crippen LogP contribution is 2.41. The zero-order valence-corrected chi connectivity index (χ0v) is 14.5. The van der Waals surface area contributed by atoms with E-state index >= 15 is 0 Å². The van der Waals surface area contributed by atoms with Crippen molar-refractivity contribution in [3.05, 3.63) is 0 Å². The number of ketones is 1. The number of ether oxygens (including phenoxy) is 3. The van der Waals surface area contributed by atoms with Crippen LogP contribution in [0.1, 0.15) is 33.6 Å². The molecule has 0 aliphatic carbocycles. The van der Waals surface area contributed by atoms with Crippen LogP contribution in [0.15, 0.2) is 0 Å². The summed E-state index contributed by atoms with van der Waals surface area (Å²) >= 11 is 0. The van der Waals surface area contributed by atoms with E-state index in [0.29, 0.717) is 0 Å². The molecule has 0 saturated carbocycles. The Labute approximate surface area is 139 Å². The number of carboxylic acids is 2. The molecule has 0 radical (unpaired) electrons. The van der Waals surface area contributed by atoms with Gasteiger partial charge < -0.3 is 24.4 Å². The minimum atomic E-state index is -2.83. The van der Waals surface area contributed by atoms with E-state index in [1.54, 1.807) is 0 Å². The molecule has 2 atom stereocenters. The third-order valence-corrected chi connectivity index (χ3v) is 4.11. The average molecular weight is 348 g/mol. The molecule has 0 aliphatic heterocycles. The molecule has 0 aromatic rings. The summed E-state index contributed by atoms with van der Waals surface area (Å²) in [5.41, 5.74) is -4.59. The van der Waals surface area contributed by atoms with Crippen LogP contribution in [0.25, 0.3) is 0 Å². The van der Waals surface area contributed by atoms with Crippen molar-refractivity contribution in [2.24, 2.45) is 5.41 Å². The zero-order valence-electron chi connectivity index (χ0n) is 14.5. The van der Waals surface area contributed by atoms with Crippen LogP contribution in [0, 0.1) is 5.41 Å². The minimum absolute atomic E-state index is 0.0477. The molecule has 9 heteroatoms. The predicted molar refractivity (Wildman–Crippen MR) is 80.5 cm³/mol. The molecule has 24 heavy (non-hydrogen) atoms. The molecule has 0 fully saturated rings. The van der Waals surface area contributed by atoms with Gasteiger partial charge in [-0.25, -0.2) is 4.79 Å². The van der Waals surface area contributed by atoms with Gasteiger partial charge in [0.05, 0.1) is 5.41 Å². The molecule has 0 heterocycles. The van der Waals surface area contributed by atoms with Gasteiger partial charge in [0, 0.05) is 21.1 Å². The molecule has 0 aromatic carbocycles. The van der Waals surface area contributed by atoms with Gasteiger partial charge in [0.15, 0.2) is 0 Å². The molecular weight excluding hydrogens is 324 g/mol. The van der Waals surface area contributed by atoms with E-state index in [0.717, 1.165) is 21.1 Å². The van der Waals surface area contributed by atoms with E-state index in [1.165, 1.54) is 13.8 Å². The Balaban J connectivity index is 6.62. The molecule has 0 spiro atoms. The van der Waals surface area contributed by atoms with Gasteiger partial charge in [0.1, 0.15) is 12.7 Å². The normalized spacial score (nSPS) is 15.2. The molecule has 9 nitrogen and oxygen atoms in total. The van der Waals surface area contributed by atoms with Crippen LogP contribution in [0.5, 0.6) is 0 Å². The maximum absolute atomic E-state index is 12.5. The fraction of sp³-hybridized carbons (Fsp3) is 0.733. The van der Waals surface area contributed by atoms with Gasteiger partial charge in [-0.1, -0.05) is 13.8 Å². The molecule has 2 N–H and O–H groups in total. The highest BCUT2D eigenvalue weighted by molar-refractivity contribution is 6.10. The summed E-state index contributed by atoms with van der Waals surface area (Å²) in [7, 11) is 2.22. The van der Waals surface area contributed by atoms with E-state index in [4.69, 9.17) is 9.47 Å². The number of carbonyl (C=O) groups excluding carboxylic acids is 2. The lowest BCUT2D eigenvalue weighted by atomic mass is 9.69. The van der Waals surface area contributed by atoms with Crippen molar-refractivity contribution in [2.75, 3.05) is 20.8 Å². The lowest BCUT2D eigenvalue weighted by molar-refractivity contribution is -0.213. The van der Waals surface area contributed by atoms with E-state index in [2.05, 4.69) is 4.74 Å². The Hall–Kier alpha value is -2.00. The maximum Gasteiger partial charge on any atom is 0.359 e. The third-order valence-electron chi connectivity index (χ3n) is 4.11. The number of carboxylic acid groups (broad SMARTS) is 2. The second-order valence-electron chi connectivity index (χ2n) is 5.27. The van der Waals surface area contributed by atoms with Crippen LogP contribution < -0.4 is 0 Å². The highest BCUT2D eigenvalue weighted by atomic mass is 16.6. The van der Waals surface area contributed by atoms with Crippen molar-refractivity contribution >= 4 is 23.7 Å². The number of esters is 1. The summed E-state index contributed by atoms with van der Waals surface area (Å²) in [6.45, 7) is 3.27. The van der Waals surface area contributed by atoms with Gasteiger partial charge in [0.25, 0.3) is 5.60 Å². The van der Waals surface area contributed by atoms with Crippen molar-refractivity contribution in [3.63, 3.8) is 0 Å². The van der Waals surface area contributed by atoms with Crippen molar-refractivity contribution in [1.29, 1.82) is 0 Å². The summed E-state index contributed by atoms with van der Waals surface area (Å²) in [6, 6.07) is 0. The van der Waals surface area contributed by atoms with Gasteiger partial charge in [0.2, 0.25) is 5.78 Å². The predicted octanol–water partition coefficient (Wildman–Crippen LogP) is 0.494. The summed E-state index contributed by atoms with van der Waals surface area (Å²) in [5.74, 6) is -5.36. The fourth-order valence-corrected chi connectivity index (χ4v) is 2.81. The Kier molecular flexibility index (Phi) is 8.01. The monoisotopic (exact) mass is 348 g/mol. The first-order valence-electron chi connectivity index (χ1n) is 7.32. The van der Waals surface area contributed by atoms with E-state index in [9.17, 15) is 29.4 Å². The number of hydrogen-bond acceptors (Lipinski definition) is 7. The molecule has 0 rings (SSSR count). The standard InChI is InChI=1S/C15H24O9/c1-6-14(7-2,12(18)19)11(23-5)15(13(20)21,24-9(3)16)10(17)8-22-4/h11H,6-8H2,1-5H3,(H,18,19)(H,20,21). The molecule has 0 aliphatic rings. The molecule has 0 saturated heterocycles. The first-order chi connectivity index (χ1) is 11.1. The quantitative estimate of drug-likeness (QED) is 0.404. The Bertz CT molecular complexity index is 495. The number of aliphatic carboxylic acids is 2. The number of rotatable bonds is 11. The molecule has 0 amide bonds. The zero-order chi connectivity index (χ0) is 19.1. The second kappa shape index (κ2) is 8.74. The lowest BCUT2D eigenvalue weighted by Gasteiger charge is -2.43. The summed E-state index contributed by atoms with van der Waals surface area (Å²) < 4.78 is 14.7. The Morgan fingerprint density at radius 1 is 1.00 bits per heavy atom. The molecular formula is C15H24O9. The Morgan fingerprint density at radius 2 is 1.50 bits per heavy atom. The number of Topliss-reactive ketones (excluding diaryl/α,β-unsaturated/α-hetero) is 1. The molecule has 138 valence electrons. The fourth-order valence-electron chi connectivity index (χ4n) is 2.81. The van der Waals surface area contributed by atoms with Gasteiger partial charge in [-0.05, 0) is 12.8 Å². The summed E-state index contributed by atoms with van der Waals surface area (Å²) in [6.07, 6.45) is -1.84. The number of hydrogen-bond donors (Lipinski definition) is 2. The van der Waals surface area contributed by atoms with Crippen molar-refractivity contribution in [2.45, 2.75) is 45.3 Å². The molecule has 0 bridgehead atoms. The third kappa shape index (κ3) is 3.73. The van der Waals surface area contributed by atoms with Crippen LogP contribution in [0.2, 0.25) is 0 Å². The largest absolute Gasteiger partial charge is 0.481 e. The average Bonchev–Trinajstić information content (AvgIpc) is 2.50. The van der Waals surface area contributed by atoms with Crippen molar-refractivity contribution in [1.82, 2.24) is 0 Å². The SMILES string of the molecule is CCC(CC)(C(=O)O)C(OC)C(OC(C)=O)(C(=O)O)C(=O)COC. The minimum Gasteiger partial charge on any atom is -0.481 e. The Morgan fingerprint density at radius 3 is 1.75 bits per heavy atom. The van der Waals surface area contributed by atoms with Crippen molar-refractivity contribution < 1.29 is 43.6 Å². The van der Waals surface area contributed by atoms with Gasteiger partial charge >= 0.3 is 17.9 Å². The number of methoxy groups -OCH3 is 2. The van der Waals surface area contributed by atoms with Gasteiger partial charge in [-0.2, -0.15) is 0 Å². The first kappa shape index (κ1) is 22.0. The van der Waals surface area contributed by atoms with Crippen LogP contribution in [0.4, 0.5) is 0 Å². The maximum atomic E-state index is 12.5. The smallest absolute Gasteiger partial charge is 0.359 e.